The molecule has 1 amide bonds. The van der Waals surface area contributed by atoms with Gasteiger partial charge in [-0.2, -0.15) is 0 Å². The lowest BCUT2D eigenvalue weighted by atomic mass is 10.2. The van der Waals surface area contributed by atoms with Gasteiger partial charge in [0.15, 0.2) is 0 Å². The summed E-state index contributed by atoms with van der Waals surface area (Å²) in [6.45, 7) is 6.24. The van der Waals surface area contributed by atoms with E-state index in [1.54, 1.807) is 24.1 Å². The minimum Gasteiger partial charge on any atom is -0.497 e. The largest absolute Gasteiger partial charge is 0.497 e. The van der Waals surface area contributed by atoms with E-state index in [2.05, 4.69) is 15.9 Å². The number of amides is 1. The minimum atomic E-state index is -0.295. The monoisotopic (exact) mass is 371 g/mol. The third kappa shape index (κ3) is 4.77. The maximum Gasteiger partial charge on any atom is 0.241 e. The number of rotatable bonds is 6. The number of hydrogen-bond acceptors (Lipinski definition) is 4. The molecule has 0 spiro atoms. The van der Waals surface area contributed by atoms with Crippen molar-refractivity contribution in [3.63, 3.8) is 0 Å². The van der Waals surface area contributed by atoms with Crippen LogP contribution in [-0.2, 0) is 4.79 Å². The number of nitrogens with zero attached hydrogens (tertiary/aromatic N) is 3. The Hall–Kier alpha value is -2.60. The zero-order chi connectivity index (χ0) is 19.2. The van der Waals surface area contributed by atoms with Crippen LogP contribution in [0.3, 0.4) is 0 Å². The van der Waals surface area contributed by atoms with Crippen LogP contribution in [0.15, 0.2) is 48.5 Å². The fourth-order valence-corrected chi connectivity index (χ4v) is 3.37. The summed E-state index contributed by atoms with van der Waals surface area (Å²) >= 11 is 0. The fraction of sp³-hybridized carbons (Fsp3) is 0.381. The molecular weight excluding hydrogens is 345 g/mol. The van der Waals surface area contributed by atoms with E-state index in [1.165, 1.54) is 12.1 Å². The van der Waals surface area contributed by atoms with Crippen LogP contribution in [0.2, 0.25) is 0 Å². The van der Waals surface area contributed by atoms with E-state index in [0.29, 0.717) is 13.1 Å². The summed E-state index contributed by atoms with van der Waals surface area (Å²) in [5.74, 6) is 0.595. The molecular formula is C21H26FN3O2. The second kappa shape index (κ2) is 8.86. The Morgan fingerprint density at radius 1 is 1.11 bits per heavy atom. The molecule has 1 aliphatic heterocycles. The molecule has 0 saturated carbocycles. The van der Waals surface area contributed by atoms with Crippen LogP contribution >= 0.6 is 0 Å². The molecule has 1 saturated heterocycles. The molecule has 3 rings (SSSR count). The van der Waals surface area contributed by atoms with E-state index in [-0.39, 0.29) is 11.7 Å². The molecule has 1 fully saturated rings. The Morgan fingerprint density at radius 3 is 2.44 bits per heavy atom. The number of methoxy groups -OCH3 is 1. The van der Waals surface area contributed by atoms with E-state index in [4.69, 9.17) is 4.74 Å². The minimum absolute atomic E-state index is 0.0407. The normalized spacial score (nSPS) is 14.9. The van der Waals surface area contributed by atoms with Crippen LogP contribution in [-0.4, -0.2) is 57.2 Å². The third-order valence-electron chi connectivity index (χ3n) is 4.91. The highest BCUT2D eigenvalue weighted by atomic mass is 19.1. The Labute approximate surface area is 159 Å². The van der Waals surface area contributed by atoms with Crippen molar-refractivity contribution in [3.8, 4) is 5.75 Å². The van der Waals surface area contributed by atoms with Gasteiger partial charge >= 0.3 is 0 Å². The Bertz CT molecular complexity index is 758. The summed E-state index contributed by atoms with van der Waals surface area (Å²) in [6, 6.07) is 14.1. The van der Waals surface area contributed by atoms with Gasteiger partial charge in [-0.25, -0.2) is 4.39 Å². The molecule has 0 aliphatic carbocycles. The quantitative estimate of drug-likeness (QED) is 0.782. The second-order valence-electron chi connectivity index (χ2n) is 6.58. The lowest BCUT2D eigenvalue weighted by Gasteiger charge is -2.36. The van der Waals surface area contributed by atoms with Crippen LogP contribution in [0.1, 0.15) is 6.92 Å². The van der Waals surface area contributed by atoms with E-state index in [9.17, 15) is 9.18 Å². The lowest BCUT2D eigenvalue weighted by Crippen LogP contribution is -2.50. The molecule has 5 nitrogen and oxygen atoms in total. The van der Waals surface area contributed by atoms with E-state index < -0.39 is 0 Å². The molecule has 0 bridgehead atoms. The van der Waals surface area contributed by atoms with Gasteiger partial charge < -0.3 is 14.5 Å². The van der Waals surface area contributed by atoms with Crippen molar-refractivity contribution in [2.24, 2.45) is 0 Å². The van der Waals surface area contributed by atoms with Gasteiger partial charge in [-0.15, -0.1) is 0 Å². The zero-order valence-corrected chi connectivity index (χ0v) is 15.9. The molecule has 0 aromatic heterocycles. The van der Waals surface area contributed by atoms with Gasteiger partial charge in [-0.3, -0.25) is 9.69 Å². The zero-order valence-electron chi connectivity index (χ0n) is 15.9. The lowest BCUT2D eigenvalue weighted by molar-refractivity contribution is -0.119. The first-order valence-corrected chi connectivity index (χ1v) is 9.28. The number of halogens is 1. The van der Waals surface area contributed by atoms with Crippen molar-refractivity contribution in [2.75, 3.05) is 56.2 Å². The number of carbonyl (C=O) groups excluding carboxylic acids is 1. The Kier molecular flexibility index (Phi) is 6.29. The highest BCUT2D eigenvalue weighted by Gasteiger charge is 2.22. The number of anilines is 2. The first-order chi connectivity index (χ1) is 13.1. The average molecular weight is 371 g/mol. The number of benzene rings is 2. The molecule has 0 atom stereocenters. The SMILES string of the molecule is CCN(C(=O)CN1CCN(c2cccc(OC)c2)CC1)c1ccc(F)cc1. The smallest absolute Gasteiger partial charge is 0.241 e. The summed E-state index contributed by atoms with van der Waals surface area (Å²) in [5.41, 5.74) is 1.88. The molecule has 2 aromatic carbocycles. The molecule has 2 aromatic rings. The van der Waals surface area contributed by atoms with Gasteiger partial charge in [-0.1, -0.05) is 6.07 Å². The summed E-state index contributed by atoms with van der Waals surface area (Å²) in [4.78, 5) is 18.9. The van der Waals surface area contributed by atoms with Gasteiger partial charge in [0.2, 0.25) is 5.91 Å². The van der Waals surface area contributed by atoms with Gasteiger partial charge in [0.05, 0.1) is 13.7 Å². The van der Waals surface area contributed by atoms with Crippen molar-refractivity contribution in [1.82, 2.24) is 4.90 Å². The van der Waals surface area contributed by atoms with Crippen LogP contribution < -0.4 is 14.5 Å². The van der Waals surface area contributed by atoms with Crippen LogP contribution in [0.25, 0.3) is 0 Å². The summed E-state index contributed by atoms with van der Waals surface area (Å²) in [7, 11) is 1.67. The number of piperazine rings is 1. The fourth-order valence-electron chi connectivity index (χ4n) is 3.37. The highest BCUT2D eigenvalue weighted by Crippen LogP contribution is 2.22. The van der Waals surface area contributed by atoms with E-state index in [0.717, 1.165) is 43.3 Å². The first kappa shape index (κ1) is 19.2. The van der Waals surface area contributed by atoms with Crippen LogP contribution in [0, 0.1) is 5.82 Å². The maximum absolute atomic E-state index is 13.1. The first-order valence-electron chi connectivity index (χ1n) is 9.28. The molecule has 144 valence electrons. The van der Waals surface area contributed by atoms with E-state index in [1.807, 2.05) is 25.1 Å². The number of ether oxygens (including phenoxy) is 1. The third-order valence-corrected chi connectivity index (χ3v) is 4.91. The van der Waals surface area contributed by atoms with Gasteiger partial charge in [0.25, 0.3) is 0 Å². The van der Waals surface area contributed by atoms with Crippen molar-refractivity contribution in [2.45, 2.75) is 6.92 Å². The molecule has 0 unspecified atom stereocenters. The highest BCUT2D eigenvalue weighted by molar-refractivity contribution is 5.94. The molecule has 1 heterocycles. The summed E-state index contributed by atoms with van der Waals surface area (Å²) in [6.07, 6.45) is 0. The number of hydrogen-bond donors (Lipinski definition) is 0. The number of carbonyl (C=O) groups is 1. The molecule has 0 N–H and O–H groups in total. The molecule has 1 aliphatic rings. The van der Waals surface area contributed by atoms with Crippen molar-refractivity contribution < 1.29 is 13.9 Å². The number of likely N-dealkylation sites (N-methyl/N-ethyl adjacent to an activating group) is 1. The summed E-state index contributed by atoms with van der Waals surface area (Å²) < 4.78 is 18.4. The predicted octanol–water partition coefficient (Wildman–Crippen LogP) is 3.01. The van der Waals surface area contributed by atoms with Crippen molar-refractivity contribution in [3.05, 3.63) is 54.3 Å². The van der Waals surface area contributed by atoms with Crippen molar-refractivity contribution in [1.29, 1.82) is 0 Å². The van der Waals surface area contributed by atoms with E-state index >= 15 is 0 Å². The standard InChI is InChI=1S/C21H26FN3O2/c1-3-25(18-9-7-17(22)8-10-18)21(26)16-23-11-13-24(14-12-23)19-5-4-6-20(15-19)27-2/h4-10,15H,3,11-14,16H2,1-2H3. The van der Waals surface area contributed by atoms with Crippen LogP contribution in [0.5, 0.6) is 5.75 Å². The predicted molar refractivity (Wildman–Crippen MR) is 106 cm³/mol. The van der Waals surface area contributed by atoms with Gasteiger partial charge in [0.1, 0.15) is 11.6 Å². The van der Waals surface area contributed by atoms with Gasteiger partial charge in [0, 0.05) is 50.2 Å². The summed E-state index contributed by atoms with van der Waals surface area (Å²) in [5, 5.41) is 0. The molecule has 0 radical (unpaired) electrons. The maximum atomic E-state index is 13.1. The Morgan fingerprint density at radius 2 is 1.81 bits per heavy atom. The van der Waals surface area contributed by atoms with Gasteiger partial charge in [-0.05, 0) is 43.3 Å². The second-order valence-corrected chi connectivity index (χ2v) is 6.58. The molecule has 27 heavy (non-hydrogen) atoms. The average Bonchev–Trinajstić information content (AvgIpc) is 2.70. The molecule has 6 heteroatoms. The van der Waals surface area contributed by atoms with Crippen LogP contribution in [0.4, 0.5) is 15.8 Å². The van der Waals surface area contributed by atoms with Crippen molar-refractivity contribution >= 4 is 17.3 Å². The Balaban J connectivity index is 1.56. The topological polar surface area (TPSA) is 36.0 Å².